The number of aromatic nitrogens is 1. The maximum absolute atomic E-state index is 11.5. The minimum absolute atomic E-state index is 0.0810. The lowest BCUT2D eigenvalue weighted by atomic mass is 10.4. The fourth-order valence-electron chi connectivity index (χ4n) is 1.05. The zero-order valence-electron chi connectivity index (χ0n) is 9.48. The smallest absolute Gasteiger partial charge is 0.410 e. The Labute approximate surface area is 93.9 Å². The molecule has 0 fully saturated rings. The zero-order valence-corrected chi connectivity index (χ0v) is 10.3. The van der Waals surface area contributed by atoms with Gasteiger partial charge in [0.1, 0.15) is 0 Å². The average Bonchev–Trinajstić information content (AvgIpc) is 2.50. The van der Waals surface area contributed by atoms with E-state index in [-0.39, 0.29) is 12.2 Å². The maximum atomic E-state index is 11.5. The van der Waals surface area contributed by atoms with Crippen molar-refractivity contribution in [3.63, 3.8) is 0 Å². The fourth-order valence-corrected chi connectivity index (χ4v) is 1.88. The number of rotatable bonds is 3. The second-order valence-electron chi connectivity index (χ2n) is 3.65. The van der Waals surface area contributed by atoms with Gasteiger partial charge in [0.25, 0.3) is 0 Å². The molecular formula is C10H16N2O2S. The molecule has 1 aromatic rings. The van der Waals surface area contributed by atoms with E-state index in [4.69, 9.17) is 4.74 Å². The molecule has 0 aliphatic rings. The van der Waals surface area contributed by atoms with Crippen LogP contribution >= 0.6 is 11.3 Å². The first-order valence-corrected chi connectivity index (χ1v) is 5.69. The van der Waals surface area contributed by atoms with Gasteiger partial charge in [-0.15, -0.1) is 11.3 Å². The van der Waals surface area contributed by atoms with Crippen molar-refractivity contribution in [3.05, 3.63) is 16.1 Å². The Morgan fingerprint density at radius 3 is 2.80 bits per heavy atom. The molecule has 0 N–H and O–H groups in total. The Morgan fingerprint density at radius 1 is 1.67 bits per heavy atom. The maximum Gasteiger partial charge on any atom is 0.410 e. The molecule has 0 aromatic carbocycles. The third-order valence-electron chi connectivity index (χ3n) is 1.87. The SMILES string of the molecule is Cc1ncsc1CN(C)C(=O)OC(C)C. The molecular weight excluding hydrogens is 212 g/mol. The van der Waals surface area contributed by atoms with Crippen LogP contribution in [-0.4, -0.2) is 29.1 Å². The van der Waals surface area contributed by atoms with Gasteiger partial charge in [0, 0.05) is 11.9 Å². The molecule has 15 heavy (non-hydrogen) atoms. The first kappa shape index (κ1) is 12.0. The van der Waals surface area contributed by atoms with Gasteiger partial charge in [0.05, 0.1) is 23.9 Å². The second kappa shape index (κ2) is 5.11. The van der Waals surface area contributed by atoms with E-state index in [1.807, 2.05) is 20.8 Å². The molecule has 1 heterocycles. The van der Waals surface area contributed by atoms with Crippen molar-refractivity contribution in [2.45, 2.75) is 33.4 Å². The summed E-state index contributed by atoms with van der Waals surface area (Å²) in [6.45, 7) is 6.17. The lowest BCUT2D eigenvalue weighted by molar-refractivity contribution is 0.0824. The van der Waals surface area contributed by atoms with Gasteiger partial charge >= 0.3 is 6.09 Å². The third kappa shape index (κ3) is 3.51. The molecule has 0 bridgehead atoms. The van der Waals surface area contributed by atoms with E-state index in [1.54, 1.807) is 28.8 Å². The summed E-state index contributed by atoms with van der Waals surface area (Å²) in [6, 6.07) is 0. The lowest BCUT2D eigenvalue weighted by Gasteiger charge is -2.18. The lowest BCUT2D eigenvalue weighted by Crippen LogP contribution is -2.28. The number of hydrogen-bond acceptors (Lipinski definition) is 4. The van der Waals surface area contributed by atoms with Crippen molar-refractivity contribution in [1.82, 2.24) is 9.88 Å². The normalized spacial score (nSPS) is 10.5. The third-order valence-corrected chi connectivity index (χ3v) is 2.79. The van der Waals surface area contributed by atoms with Crippen molar-refractivity contribution in [2.24, 2.45) is 0 Å². The molecule has 0 saturated heterocycles. The van der Waals surface area contributed by atoms with Crippen molar-refractivity contribution in [1.29, 1.82) is 0 Å². The van der Waals surface area contributed by atoms with Crippen molar-refractivity contribution >= 4 is 17.4 Å². The van der Waals surface area contributed by atoms with Crippen LogP contribution in [0.15, 0.2) is 5.51 Å². The molecule has 0 aliphatic carbocycles. The Morgan fingerprint density at radius 2 is 2.33 bits per heavy atom. The largest absolute Gasteiger partial charge is 0.447 e. The molecule has 0 spiro atoms. The molecule has 1 rings (SSSR count). The average molecular weight is 228 g/mol. The molecule has 0 unspecified atom stereocenters. The Bertz CT molecular complexity index is 336. The van der Waals surface area contributed by atoms with Crippen LogP contribution in [0.5, 0.6) is 0 Å². The van der Waals surface area contributed by atoms with Crippen LogP contribution in [-0.2, 0) is 11.3 Å². The number of ether oxygens (including phenoxy) is 1. The predicted octanol–water partition coefficient (Wildman–Crippen LogP) is 2.43. The summed E-state index contributed by atoms with van der Waals surface area (Å²) in [4.78, 5) is 18.3. The Hall–Kier alpha value is -1.10. The van der Waals surface area contributed by atoms with Crippen LogP contribution in [0.3, 0.4) is 0 Å². The van der Waals surface area contributed by atoms with E-state index in [0.29, 0.717) is 6.54 Å². The van der Waals surface area contributed by atoms with Gasteiger partial charge in [0.2, 0.25) is 0 Å². The van der Waals surface area contributed by atoms with Crippen LogP contribution in [0.25, 0.3) is 0 Å². The van der Waals surface area contributed by atoms with E-state index in [9.17, 15) is 4.79 Å². The number of carbonyl (C=O) groups is 1. The first-order valence-electron chi connectivity index (χ1n) is 4.81. The Balaban J connectivity index is 2.52. The summed E-state index contributed by atoms with van der Waals surface area (Å²) in [6.07, 6.45) is -0.375. The van der Waals surface area contributed by atoms with E-state index >= 15 is 0 Å². The van der Waals surface area contributed by atoms with Gasteiger partial charge in [-0.1, -0.05) is 0 Å². The molecule has 0 saturated carbocycles. The number of aryl methyl sites for hydroxylation is 1. The van der Waals surface area contributed by atoms with E-state index in [0.717, 1.165) is 10.6 Å². The highest BCUT2D eigenvalue weighted by Gasteiger charge is 2.13. The minimum atomic E-state index is -0.294. The van der Waals surface area contributed by atoms with E-state index < -0.39 is 0 Å². The van der Waals surface area contributed by atoms with Crippen LogP contribution in [0.1, 0.15) is 24.4 Å². The fraction of sp³-hybridized carbons (Fsp3) is 0.600. The van der Waals surface area contributed by atoms with E-state index in [2.05, 4.69) is 4.98 Å². The van der Waals surface area contributed by atoms with Gasteiger partial charge in [-0.25, -0.2) is 9.78 Å². The minimum Gasteiger partial charge on any atom is -0.447 e. The van der Waals surface area contributed by atoms with Crippen LogP contribution in [0.4, 0.5) is 4.79 Å². The highest BCUT2D eigenvalue weighted by atomic mass is 32.1. The highest BCUT2D eigenvalue weighted by Crippen LogP contribution is 2.14. The summed E-state index contributed by atoms with van der Waals surface area (Å²) < 4.78 is 5.07. The van der Waals surface area contributed by atoms with Gasteiger partial charge in [0.15, 0.2) is 0 Å². The van der Waals surface area contributed by atoms with Crippen LogP contribution < -0.4 is 0 Å². The summed E-state index contributed by atoms with van der Waals surface area (Å²) in [5.74, 6) is 0. The van der Waals surface area contributed by atoms with Gasteiger partial charge in [-0.3, -0.25) is 0 Å². The van der Waals surface area contributed by atoms with Crippen molar-refractivity contribution in [3.8, 4) is 0 Å². The molecule has 84 valence electrons. The van der Waals surface area contributed by atoms with Crippen molar-refractivity contribution in [2.75, 3.05) is 7.05 Å². The van der Waals surface area contributed by atoms with E-state index in [1.165, 1.54) is 0 Å². The topological polar surface area (TPSA) is 42.4 Å². The molecule has 0 radical (unpaired) electrons. The number of carbonyl (C=O) groups excluding carboxylic acids is 1. The summed E-state index contributed by atoms with van der Waals surface area (Å²) in [5.41, 5.74) is 2.76. The standard InChI is InChI=1S/C10H16N2O2S/c1-7(2)14-10(13)12(4)5-9-8(3)11-6-15-9/h6-7H,5H2,1-4H3. The number of nitrogens with zero attached hydrogens (tertiary/aromatic N) is 2. The quantitative estimate of drug-likeness (QED) is 0.798. The molecule has 0 atom stereocenters. The molecule has 1 aromatic heterocycles. The summed E-state index contributed by atoms with van der Waals surface area (Å²) in [5, 5.41) is 0. The van der Waals surface area contributed by atoms with Gasteiger partial charge in [-0.2, -0.15) is 0 Å². The summed E-state index contributed by atoms with van der Waals surface area (Å²) >= 11 is 1.55. The number of thiazole rings is 1. The Kier molecular flexibility index (Phi) is 4.08. The second-order valence-corrected chi connectivity index (χ2v) is 4.59. The van der Waals surface area contributed by atoms with Crippen LogP contribution in [0.2, 0.25) is 0 Å². The first-order chi connectivity index (χ1) is 7.00. The molecule has 1 amide bonds. The molecule has 4 nitrogen and oxygen atoms in total. The monoisotopic (exact) mass is 228 g/mol. The number of amides is 1. The highest BCUT2D eigenvalue weighted by molar-refractivity contribution is 7.09. The zero-order chi connectivity index (χ0) is 11.4. The predicted molar refractivity (Wildman–Crippen MR) is 59.9 cm³/mol. The number of hydrogen-bond donors (Lipinski definition) is 0. The van der Waals surface area contributed by atoms with Gasteiger partial charge < -0.3 is 9.64 Å². The summed E-state index contributed by atoms with van der Waals surface area (Å²) in [7, 11) is 1.73. The molecule has 0 aliphatic heterocycles. The van der Waals surface area contributed by atoms with Gasteiger partial charge in [-0.05, 0) is 20.8 Å². The van der Waals surface area contributed by atoms with Crippen molar-refractivity contribution < 1.29 is 9.53 Å². The van der Waals surface area contributed by atoms with Crippen LogP contribution in [0, 0.1) is 6.92 Å². The molecule has 5 heteroatoms.